The summed E-state index contributed by atoms with van der Waals surface area (Å²) >= 11 is 3.34. The van der Waals surface area contributed by atoms with E-state index in [0.717, 1.165) is 15.5 Å². The number of fused-ring (bicyclic) bond motifs is 1. The zero-order valence-electron chi connectivity index (χ0n) is 6.95. The third-order valence-electron chi connectivity index (χ3n) is 1.94. The smallest absolute Gasteiger partial charge is 0.136 e. The van der Waals surface area contributed by atoms with E-state index in [1.165, 1.54) is 0 Å². The quantitative estimate of drug-likeness (QED) is 0.703. The molecule has 2 aromatic rings. The Balaban J connectivity index is 2.99. The molecule has 0 radical (unpaired) electrons. The van der Waals surface area contributed by atoms with Crippen LogP contribution in [0.3, 0.4) is 0 Å². The van der Waals surface area contributed by atoms with E-state index in [-0.39, 0.29) is 0 Å². The predicted octanol–water partition coefficient (Wildman–Crippen LogP) is 2.21. The lowest BCUT2D eigenvalue weighted by Gasteiger charge is -1.94. The Labute approximate surface area is 83.7 Å². The zero-order chi connectivity index (χ0) is 9.42. The molecule has 0 atom stereocenters. The second kappa shape index (κ2) is 2.86. The first kappa shape index (κ1) is 8.27. The van der Waals surface area contributed by atoms with Crippen LogP contribution in [0, 0.1) is 11.3 Å². The van der Waals surface area contributed by atoms with Gasteiger partial charge in [0.2, 0.25) is 0 Å². The topological polar surface area (TPSA) is 41.6 Å². The summed E-state index contributed by atoms with van der Waals surface area (Å²) in [5, 5.41) is 14.0. The molecule has 0 aliphatic rings. The summed E-state index contributed by atoms with van der Waals surface area (Å²) in [6, 6.07) is 7.72. The van der Waals surface area contributed by atoms with Gasteiger partial charge in [-0.05, 0) is 28.1 Å². The zero-order valence-corrected chi connectivity index (χ0v) is 8.54. The molecule has 0 aliphatic heterocycles. The average molecular weight is 236 g/mol. The number of aryl methyl sites for hydroxylation is 1. The first-order valence-electron chi connectivity index (χ1n) is 3.75. The van der Waals surface area contributed by atoms with Crippen molar-refractivity contribution in [2.24, 2.45) is 7.05 Å². The summed E-state index contributed by atoms with van der Waals surface area (Å²) in [6.07, 6.45) is 0. The highest BCUT2D eigenvalue weighted by atomic mass is 79.9. The van der Waals surface area contributed by atoms with E-state index in [4.69, 9.17) is 5.26 Å². The second-order valence-electron chi connectivity index (χ2n) is 2.73. The molecule has 1 heterocycles. The molecule has 1 aromatic heterocycles. The fraction of sp³-hybridized carbons (Fsp3) is 0.111. The van der Waals surface area contributed by atoms with Gasteiger partial charge in [0.25, 0.3) is 0 Å². The molecule has 1 aromatic carbocycles. The summed E-state index contributed by atoms with van der Waals surface area (Å²) < 4.78 is 2.49. The minimum atomic E-state index is 0.651. The summed E-state index contributed by atoms with van der Waals surface area (Å²) in [5.41, 5.74) is 1.52. The third-order valence-corrected chi connectivity index (χ3v) is 2.53. The third kappa shape index (κ3) is 1.12. The van der Waals surface area contributed by atoms with Crippen molar-refractivity contribution >= 4 is 26.8 Å². The molecule has 0 amide bonds. The van der Waals surface area contributed by atoms with Crippen LogP contribution < -0.4 is 0 Å². The van der Waals surface area contributed by atoms with Gasteiger partial charge in [-0.15, -0.1) is 0 Å². The molecule has 2 rings (SSSR count). The van der Waals surface area contributed by atoms with Gasteiger partial charge in [-0.25, -0.2) is 0 Å². The molecule has 0 fully saturated rings. The highest BCUT2D eigenvalue weighted by Gasteiger charge is 2.08. The Morgan fingerprint density at radius 2 is 2.31 bits per heavy atom. The number of hydrogen-bond acceptors (Lipinski definition) is 2. The predicted molar refractivity (Wildman–Crippen MR) is 53.1 cm³/mol. The number of halogens is 1. The fourth-order valence-corrected chi connectivity index (χ4v) is 1.94. The number of nitriles is 1. The number of para-hydroxylation sites is 1. The van der Waals surface area contributed by atoms with Crippen molar-refractivity contribution < 1.29 is 0 Å². The van der Waals surface area contributed by atoms with Gasteiger partial charge in [0.05, 0.1) is 11.1 Å². The van der Waals surface area contributed by atoms with Gasteiger partial charge in [-0.3, -0.25) is 4.68 Å². The summed E-state index contributed by atoms with van der Waals surface area (Å²) in [4.78, 5) is 0. The minimum absolute atomic E-state index is 0.651. The highest BCUT2D eigenvalue weighted by Crippen LogP contribution is 2.24. The van der Waals surface area contributed by atoms with Gasteiger partial charge in [0.15, 0.2) is 0 Å². The summed E-state index contributed by atoms with van der Waals surface area (Å²) in [5.74, 6) is 0. The summed E-state index contributed by atoms with van der Waals surface area (Å²) in [7, 11) is 1.83. The minimum Gasteiger partial charge on any atom is -0.265 e. The van der Waals surface area contributed by atoms with Crippen LogP contribution >= 0.6 is 15.9 Å². The maximum absolute atomic E-state index is 8.86. The molecule has 3 nitrogen and oxygen atoms in total. The molecule has 0 N–H and O–H groups in total. The Hall–Kier alpha value is -1.34. The Bertz CT molecular complexity index is 507. The van der Waals surface area contributed by atoms with Crippen LogP contribution in [-0.2, 0) is 7.05 Å². The van der Waals surface area contributed by atoms with Crippen molar-refractivity contribution in [3.05, 3.63) is 28.4 Å². The van der Waals surface area contributed by atoms with E-state index in [9.17, 15) is 0 Å². The molecule has 0 spiro atoms. The highest BCUT2D eigenvalue weighted by molar-refractivity contribution is 9.10. The number of aromatic nitrogens is 2. The molecule has 0 aliphatic carbocycles. The van der Waals surface area contributed by atoms with E-state index in [0.29, 0.717) is 5.56 Å². The maximum Gasteiger partial charge on any atom is 0.136 e. The molecule has 0 saturated heterocycles. The van der Waals surface area contributed by atoms with Gasteiger partial charge in [0, 0.05) is 12.4 Å². The maximum atomic E-state index is 8.86. The van der Waals surface area contributed by atoms with Crippen molar-refractivity contribution in [3.63, 3.8) is 0 Å². The summed E-state index contributed by atoms with van der Waals surface area (Å²) in [6.45, 7) is 0. The first-order valence-corrected chi connectivity index (χ1v) is 4.54. The van der Waals surface area contributed by atoms with Gasteiger partial charge in [0.1, 0.15) is 10.7 Å². The van der Waals surface area contributed by atoms with E-state index >= 15 is 0 Å². The standard InChI is InChI=1S/C9H6BrN3/c1-13-8-6(5-11)3-2-4-7(8)9(10)12-13/h2-4H,1H3. The lowest BCUT2D eigenvalue weighted by atomic mass is 10.2. The van der Waals surface area contributed by atoms with Crippen molar-refractivity contribution in [1.82, 2.24) is 9.78 Å². The number of nitrogens with zero attached hydrogens (tertiary/aromatic N) is 3. The molecule has 13 heavy (non-hydrogen) atoms. The van der Waals surface area contributed by atoms with Gasteiger partial charge < -0.3 is 0 Å². The Morgan fingerprint density at radius 1 is 1.54 bits per heavy atom. The molecule has 0 saturated carbocycles. The van der Waals surface area contributed by atoms with Crippen molar-refractivity contribution in [2.75, 3.05) is 0 Å². The average Bonchev–Trinajstić information content (AvgIpc) is 2.43. The van der Waals surface area contributed by atoms with E-state index in [1.807, 2.05) is 19.2 Å². The molecular weight excluding hydrogens is 230 g/mol. The molecule has 4 heteroatoms. The lowest BCUT2D eigenvalue weighted by molar-refractivity contribution is 0.787. The van der Waals surface area contributed by atoms with Crippen LogP contribution in [-0.4, -0.2) is 9.78 Å². The number of rotatable bonds is 0. The number of hydrogen-bond donors (Lipinski definition) is 0. The Morgan fingerprint density at radius 3 is 3.00 bits per heavy atom. The number of benzene rings is 1. The molecule has 0 bridgehead atoms. The first-order chi connectivity index (χ1) is 6.24. The van der Waals surface area contributed by atoms with Crippen LogP contribution in [0.5, 0.6) is 0 Å². The van der Waals surface area contributed by atoms with Crippen LogP contribution in [0.25, 0.3) is 10.9 Å². The van der Waals surface area contributed by atoms with Crippen molar-refractivity contribution in [2.45, 2.75) is 0 Å². The van der Waals surface area contributed by atoms with Crippen LogP contribution in [0.2, 0.25) is 0 Å². The monoisotopic (exact) mass is 235 g/mol. The van der Waals surface area contributed by atoms with Gasteiger partial charge >= 0.3 is 0 Å². The van der Waals surface area contributed by atoms with E-state index in [2.05, 4.69) is 27.1 Å². The normalized spacial score (nSPS) is 10.2. The van der Waals surface area contributed by atoms with Gasteiger partial charge in [-0.1, -0.05) is 6.07 Å². The SMILES string of the molecule is Cn1nc(Br)c2cccc(C#N)c21. The van der Waals surface area contributed by atoms with Crippen LogP contribution in [0.1, 0.15) is 5.56 Å². The van der Waals surface area contributed by atoms with E-state index in [1.54, 1.807) is 10.7 Å². The van der Waals surface area contributed by atoms with Crippen molar-refractivity contribution in [1.29, 1.82) is 5.26 Å². The van der Waals surface area contributed by atoms with Crippen LogP contribution in [0.4, 0.5) is 0 Å². The van der Waals surface area contributed by atoms with E-state index < -0.39 is 0 Å². The lowest BCUT2D eigenvalue weighted by Crippen LogP contribution is -1.91. The second-order valence-corrected chi connectivity index (χ2v) is 3.48. The fourth-order valence-electron chi connectivity index (χ4n) is 1.38. The largest absolute Gasteiger partial charge is 0.265 e. The molecule has 64 valence electrons. The Kier molecular flexibility index (Phi) is 1.82. The van der Waals surface area contributed by atoms with Crippen molar-refractivity contribution in [3.8, 4) is 6.07 Å². The van der Waals surface area contributed by atoms with Crippen LogP contribution in [0.15, 0.2) is 22.8 Å². The van der Waals surface area contributed by atoms with Gasteiger partial charge in [-0.2, -0.15) is 10.4 Å². The molecule has 0 unspecified atom stereocenters. The molecular formula is C9H6BrN3.